The van der Waals surface area contributed by atoms with Crippen LogP contribution in [-0.2, 0) is 0 Å². The summed E-state index contributed by atoms with van der Waals surface area (Å²) in [5.74, 6) is 0.502. The van der Waals surface area contributed by atoms with Crippen LogP contribution in [0, 0.1) is 11.7 Å². The summed E-state index contributed by atoms with van der Waals surface area (Å²) in [4.78, 5) is 2.45. The quantitative estimate of drug-likeness (QED) is 0.910. The van der Waals surface area contributed by atoms with Crippen molar-refractivity contribution in [1.29, 1.82) is 0 Å². The van der Waals surface area contributed by atoms with Gasteiger partial charge in [0.1, 0.15) is 5.82 Å². The molecule has 1 aromatic rings. The van der Waals surface area contributed by atoms with E-state index in [0.717, 1.165) is 31.7 Å². The smallest absolute Gasteiger partial charge is 0.123 e. The molecule has 0 bridgehead atoms. The summed E-state index contributed by atoms with van der Waals surface area (Å²) in [5.41, 5.74) is 1.08. The molecule has 2 rings (SSSR count). The SMILES string of the molecule is CC(C)CN1CCNCC1c1cccc(F)c1.Cl. The molecule has 0 aliphatic carbocycles. The van der Waals surface area contributed by atoms with Crippen LogP contribution in [-0.4, -0.2) is 31.1 Å². The second-order valence-electron chi connectivity index (χ2n) is 5.16. The lowest BCUT2D eigenvalue weighted by Crippen LogP contribution is -2.47. The molecule has 1 N–H and O–H groups in total. The molecule has 4 heteroatoms. The number of nitrogens with one attached hydrogen (secondary N) is 1. The van der Waals surface area contributed by atoms with Crippen LogP contribution in [0.15, 0.2) is 24.3 Å². The van der Waals surface area contributed by atoms with E-state index < -0.39 is 0 Å². The zero-order valence-corrected chi connectivity index (χ0v) is 11.8. The Bertz CT molecular complexity index is 371. The van der Waals surface area contributed by atoms with Crippen molar-refractivity contribution in [2.45, 2.75) is 19.9 Å². The van der Waals surface area contributed by atoms with Gasteiger partial charge in [0.15, 0.2) is 0 Å². The van der Waals surface area contributed by atoms with Crippen LogP contribution in [0.25, 0.3) is 0 Å². The lowest BCUT2D eigenvalue weighted by atomic mass is 10.0. The fourth-order valence-electron chi connectivity index (χ4n) is 2.48. The molecule has 1 unspecified atom stereocenters. The summed E-state index contributed by atoms with van der Waals surface area (Å²) in [7, 11) is 0. The predicted octanol–water partition coefficient (Wildman–Crippen LogP) is 2.85. The van der Waals surface area contributed by atoms with E-state index in [9.17, 15) is 4.39 Å². The number of nitrogens with zero attached hydrogens (tertiary/aromatic N) is 1. The summed E-state index contributed by atoms with van der Waals surface area (Å²) in [5, 5.41) is 3.39. The molecule has 0 aromatic heterocycles. The van der Waals surface area contributed by atoms with Gasteiger partial charge in [-0.3, -0.25) is 4.90 Å². The van der Waals surface area contributed by atoms with E-state index in [2.05, 4.69) is 24.1 Å². The van der Waals surface area contributed by atoms with Crippen molar-refractivity contribution in [1.82, 2.24) is 10.2 Å². The Kier molecular flexibility index (Phi) is 6.06. The molecule has 1 fully saturated rings. The average Bonchev–Trinajstić information content (AvgIpc) is 2.29. The molecule has 1 aromatic carbocycles. The first-order chi connectivity index (χ1) is 8.16. The van der Waals surface area contributed by atoms with Crippen LogP contribution >= 0.6 is 12.4 Å². The molecule has 0 saturated carbocycles. The molecule has 1 heterocycles. The summed E-state index contributed by atoms with van der Waals surface area (Å²) in [6.07, 6.45) is 0. The van der Waals surface area contributed by atoms with Gasteiger partial charge >= 0.3 is 0 Å². The zero-order chi connectivity index (χ0) is 12.3. The van der Waals surface area contributed by atoms with E-state index in [0.29, 0.717) is 12.0 Å². The summed E-state index contributed by atoms with van der Waals surface area (Å²) in [6.45, 7) is 8.51. The van der Waals surface area contributed by atoms with Crippen molar-refractivity contribution in [3.63, 3.8) is 0 Å². The highest BCUT2D eigenvalue weighted by Gasteiger charge is 2.24. The maximum Gasteiger partial charge on any atom is 0.123 e. The Morgan fingerprint density at radius 2 is 2.22 bits per heavy atom. The van der Waals surface area contributed by atoms with Crippen LogP contribution in [0.2, 0.25) is 0 Å². The minimum absolute atomic E-state index is 0. The molecule has 0 radical (unpaired) electrons. The highest BCUT2D eigenvalue weighted by molar-refractivity contribution is 5.85. The van der Waals surface area contributed by atoms with Crippen molar-refractivity contribution in [2.24, 2.45) is 5.92 Å². The van der Waals surface area contributed by atoms with E-state index in [1.54, 1.807) is 12.1 Å². The lowest BCUT2D eigenvalue weighted by Gasteiger charge is -2.37. The van der Waals surface area contributed by atoms with Gasteiger partial charge in [-0.2, -0.15) is 0 Å². The molecule has 1 saturated heterocycles. The van der Waals surface area contributed by atoms with Gasteiger partial charge in [0.2, 0.25) is 0 Å². The van der Waals surface area contributed by atoms with Crippen molar-refractivity contribution in [3.05, 3.63) is 35.6 Å². The summed E-state index contributed by atoms with van der Waals surface area (Å²) in [6, 6.07) is 7.29. The molecular formula is C14H22ClFN2. The maximum atomic E-state index is 13.3. The third-order valence-electron chi connectivity index (χ3n) is 3.19. The molecule has 102 valence electrons. The molecule has 1 atom stereocenters. The predicted molar refractivity (Wildman–Crippen MR) is 75.7 cm³/mol. The van der Waals surface area contributed by atoms with Gasteiger partial charge < -0.3 is 5.32 Å². The molecule has 0 amide bonds. The second-order valence-corrected chi connectivity index (χ2v) is 5.16. The minimum atomic E-state index is -0.141. The van der Waals surface area contributed by atoms with Gasteiger partial charge in [0.05, 0.1) is 0 Å². The van der Waals surface area contributed by atoms with Gasteiger partial charge in [-0.15, -0.1) is 12.4 Å². The topological polar surface area (TPSA) is 15.3 Å². The zero-order valence-electron chi connectivity index (χ0n) is 11.0. The average molecular weight is 273 g/mol. The van der Waals surface area contributed by atoms with E-state index >= 15 is 0 Å². The summed E-state index contributed by atoms with van der Waals surface area (Å²) < 4.78 is 13.3. The van der Waals surface area contributed by atoms with Gasteiger partial charge in [-0.25, -0.2) is 4.39 Å². The van der Waals surface area contributed by atoms with Crippen LogP contribution < -0.4 is 5.32 Å². The highest BCUT2D eigenvalue weighted by atomic mass is 35.5. The van der Waals surface area contributed by atoms with Crippen LogP contribution in [0.3, 0.4) is 0 Å². The van der Waals surface area contributed by atoms with E-state index in [1.165, 1.54) is 6.07 Å². The first kappa shape index (κ1) is 15.4. The minimum Gasteiger partial charge on any atom is -0.314 e. The Morgan fingerprint density at radius 3 is 2.89 bits per heavy atom. The lowest BCUT2D eigenvalue weighted by molar-refractivity contribution is 0.144. The van der Waals surface area contributed by atoms with Crippen LogP contribution in [0.4, 0.5) is 4.39 Å². The third kappa shape index (κ3) is 3.94. The Balaban J connectivity index is 0.00000162. The van der Waals surface area contributed by atoms with Crippen molar-refractivity contribution < 1.29 is 4.39 Å². The molecule has 2 nitrogen and oxygen atoms in total. The number of hydrogen-bond donors (Lipinski definition) is 1. The number of benzene rings is 1. The normalized spacial score (nSPS) is 20.8. The van der Waals surface area contributed by atoms with Gasteiger partial charge in [0, 0.05) is 32.2 Å². The van der Waals surface area contributed by atoms with Gasteiger partial charge in [-0.05, 0) is 23.6 Å². The first-order valence-corrected chi connectivity index (χ1v) is 6.37. The largest absolute Gasteiger partial charge is 0.314 e. The summed E-state index contributed by atoms with van der Waals surface area (Å²) >= 11 is 0. The van der Waals surface area contributed by atoms with Crippen molar-refractivity contribution in [3.8, 4) is 0 Å². The van der Waals surface area contributed by atoms with E-state index in [4.69, 9.17) is 0 Å². The maximum absolute atomic E-state index is 13.3. The standard InChI is InChI=1S/C14H21FN2.ClH/c1-11(2)10-17-7-6-16-9-14(17)12-4-3-5-13(15)8-12;/h3-5,8,11,14,16H,6-7,9-10H2,1-2H3;1H. The number of rotatable bonds is 3. The first-order valence-electron chi connectivity index (χ1n) is 6.37. The number of hydrogen-bond acceptors (Lipinski definition) is 2. The fraction of sp³-hybridized carbons (Fsp3) is 0.571. The monoisotopic (exact) mass is 272 g/mol. The van der Waals surface area contributed by atoms with Gasteiger partial charge in [0.25, 0.3) is 0 Å². The van der Waals surface area contributed by atoms with E-state index in [1.807, 2.05) is 6.07 Å². The fourth-order valence-corrected chi connectivity index (χ4v) is 2.48. The molecule has 1 aliphatic rings. The molecule has 18 heavy (non-hydrogen) atoms. The van der Waals surface area contributed by atoms with Gasteiger partial charge in [-0.1, -0.05) is 26.0 Å². The Hall–Kier alpha value is -0.640. The highest BCUT2D eigenvalue weighted by Crippen LogP contribution is 2.23. The van der Waals surface area contributed by atoms with Crippen molar-refractivity contribution >= 4 is 12.4 Å². The second kappa shape index (κ2) is 7.07. The van der Waals surface area contributed by atoms with Crippen LogP contribution in [0.1, 0.15) is 25.5 Å². The molecule has 1 aliphatic heterocycles. The third-order valence-corrected chi connectivity index (χ3v) is 3.19. The van der Waals surface area contributed by atoms with Crippen LogP contribution in [0.5, 0.6) is 0 Å². The number of halogens is 2. The van der Waals surface area contributed by atoms with E-state index in [-0.39, 0.29) is 18.2 Å². The molecule has 0 spiro atoms. The Labute approximate surface area is 115 Å². The molecular weight excluding hydrogens is 251 g/mol. The number of piperazine rings is 1. The van der Waals surface area contributed by atoms with Crippen molar-refractivity contribution in [2.75, 3.05) is 26.2 Å². The Morgan fingerprint density at radius 1 is 1.44 bits per heavy atom.